The van der Waals surface area contributed by atoms with E-state index in [2.05, 4.69) is 4.98 Å². The number of hydrogen-bond acceptors (Lipinski definition) is 4. The first kappa shape index (κ1) is 14.1. The van der Waals surface area contributed by atoms with Crippen molar-refractivity contribution in [1.29, 1.82) is 0 Å². The monoisotopic (exact) mass is 300 g/mol. The Bertz CT molecular complexity index is 667. The number of nitro benzene ring substituents is 1. The third kappa shape index (κ3) is 3.18. The molecule has 0 amide bonds. The molecule has 0 atom stereocenters. The lowest BCUT2D eigenvalue weighted by Gasteiger charge is -2.07. The summed E-state index contributed by atoms with van der Waals surface area (Å²) < 4.78 is 31.9. The summed E-state index contributed by atoms with van der Waals surface area (Å²) in [5, 5.41) is 10.9. The highest BCUT2D eigenvalue weighted by molar-refractivity contribution is 6.30. The lowest BCUT2D eigenvalue weighted by atomic mass is 10.3. The molecule has 0 radical (unpaired) electrons. The summed E-state index contributed by atoms with van der Waals surface area (Å²) in [6, 6.07) is 4.15. The standard InChI is InChI=1S/C12H7ClF2N2O3/c13-7-1-2-16-8(3-7)6-20-12-5-9(14)11(17(18)19)4-10(12)15/h1-5H,6H2. The highest BCUT2D eigenvalue weighted by Gasteiger charge is 2.19. The first-order valence-electron chi connectivity index (χ1n) is 5.34. The first-order valence-corrected chi connectivity index (χ1v) is 5.72. The van der Waals surface area contributed by atoms with Crippen LogP contribution in [0.4, 0.5) is 14.5 Å². The number of nitro groups is 1. The van der Waals surface area contributed by atoms with Crippen molar-refractivity contribution in [3.63, 3.8) is 0 Å². The third-order valence-electron chi connectivity index (χ3n) is 2.35. The van der Waals surface area contributed by atoms with E-state index in [0.717, 1.165) is 0 Å². The molecule has 1 aromatic carbocycles. The molecule has 0 N–H and O–H groups in total. The summed E-state index contributed by atoms with van der Waals surface area (Å²) in [6.45, 7) is -0.144. The summed E-state index contributed by atoms with van der Waals surface area (Å²) in [7, 11) is 0. The van der Waals surface area contributed by atoms with Gasteiger partial charge in [0.05, 0.1) is 16.7 Å². The minimum absolute atomic E-state index is 0.144. The maximum Gasteiger partial charge on any atom is 0.307 e. The van der Waals surface area contributed by atoms with Crippen LogP contribution in [0.5, 0.6) is 5.75 Å². The molecule has 8 heteroatoms. The van der Waals surface area contributed by atoms with Gasteiger partial charge in [-0.25, -0.2) is 4.39 Å². The number of pyridine rings is 1. The fourth-order valence-corrected chi connectivity index (χ4v) is 1.63. The van der Waals surface area contributed by atoms with E-state index in [-0.39, 0.29) is 6.61 Å². The van der Waals surface area contributed by atoms with Gasteiger partial charge in [-0.15, -0.1) is 0 Å². The summed E-state index contributed by atoms with van der Waals surface area (Å²) in [5.41, 5.74) is -0.536. The van der Waals surface area contributed by atoms with Crippen molar-refractivity contribution in [2.75, 3.05) is 0 Å². The molecule has 0 unspecified atom stereocenters. The highest BCUT2D eigenvalue weighted by atomic mass is 35.5. The van der Waals surface area contributed by atoms with Crippen LogP contribution in [0.3, 0.4) is 0 Å². The SMILES string of the molecule is O=[N+]([O-])c1cc(F)c(OCc2cc(Cl)ccn2)cc1F. The molecule has 2 aromatic rings. The highest BCUT2D eigenvalue weighted by Crippen LogP contribution is 2.26. The molecule has 0 spiro atoms. The molecular formula is C12H7ClF2N2O3. The second kappa shape index (κ2) is 5.79. The predicted molar refractivity (Wildman–Crippen MR) is 66.6 cm³/mol. The molecular weight excluding hydrogens is 294 g/mol. The van der Waals surface area contributed by atoms with E-state index >= 15 is 0 Å². The number of halogens is 3. The Labute approximate surface area is 116 Å². The van der Waals surface area contributed by atoms with Crippen molar-refractivity contribution in [2.24, 2.45) is 0 Å². The molecule has 0 fully saturated rings. The zero-order chi connectivity index (χ0) is 14.7. The van der Waals surface area contributed by atoms with E-state index in [9.17, 15) is 18.9 Å². The average Bonchev–Trinajstić information content (AvgIpc) is 2.39. The third-order valence-corrected chi connectivity index (χ3v) is 2.59. The second-order valence-electron chi connectivity index (χ2n) is 3.75. The Balaban J connectivity index is 2.18. The normalized spacial score (nSPS) is 10.3. The van der Waals surface area contributed by atoms with Crippen LogP contribution in [0.15, 0.2) is 30.5 Å². The topological polar surface area (TPSA) is 65.3 Å². The van der Waals surface area contributed by atoms with Gasteiger partial charge in [-0.1, -0.05) is 11.6 Å². The van der Waals surface area contributed by atoms with Gasteiger partial charge in [0.25, 0.3) is 0 Å². The lowest BCUT2D eigenvalue weighted by Crippen LogP contribution is -2.01. The fourth-order valence-electron chi connectivity index (χ4n) is 1.45. The van der Waals surface area contributed by atoms with E-state index in [1.54, 1.807) is 6.07 Å². The average molecular weight is 301 g/mol. The molecule has 1 heterocycles. The van der Waals surface area contributed by atoms with Gasteiger partial charge in [-0.3, -0.25) is 15.1 Å². The number of aromatic nitrogens is 1. The first-order chi connectivity index (χ1) is 9.47. The number of ether oxygens (including phenoxy) is 1. The zero-order valence-corrected chi connectivity index (χ0v) is 10.6. The molecule has 0 saturated carbocycles. The largest absolute Gasteiger partial charge is 0.484 e. The van der Waals surface area contributed by atoms with Crippen molar-refractivity contribution in [1.82, 2.24) is 4.98 Å². The molecule has 104 valence electrons. The number of nitrogens with zero attached hydrogens (tertiary/aromatic N) is 2. The van der Waals surface area contributed by atoms with Crippen LogP contribution < -0.4 is 4.74 Å². The molecule has 20 heavy (non-hydrogen) atoms. The zero-order valence-electron chi connectivity index (χ0n) is 9.85. The quantitative estimate of drug-likeness (QED) is 0.640. The molecule has 1 aromatic heterocycles. The predicted octanol–water partition coefficient (Wildman–Crippen LogP) is 3.50. The van der Waals surface area contributed by atoms with Crippen LogP contribution in [0.25, 0.3) is 0 Å². The van der Waals surface area contributed by atoms with Crippen LogP contribution in [0.1, 0.15) is 5.69 Å². The minimum atomic E-state index is -1.18. The van der Waals surface area contributed by atoms with Gasteiger partial charge in [-0.2, -0.15) is 4.39 Å². The Morgan fingerprint density at radius 3 is 2.70 bits per heavy atom. The molecule has 0 aliphatic heterocycles. The van der Waals surface area contributed by atoms with Crippen molar-refractivity contribution in [2.45, 2.75) is 6.61 Å². The van der Waals surface area contributed by atoms with Crippen LogP contribution >= 0.6 is 11.6 Å². The maximum absolute atomic E-state index is 13.5. The molecule has 0 aliphatic rings. The van der Waals surface area contributed by atoms with Crippen molar-refractivity contribution >= 4 is 17.3 Å². The van der Waals surface area contributed by atoms with E-state index < -0.39 is 28.0 Å². The number of rotatable bonds is 4. The molecule has 0 bridgehead atoms. The van der Waals surface area contributed by atoms with Gasteiger partial charge in [0.15, 0.2) is 11.6 Å². The Hall–Kier alpha value is -2.28. The molecule has 2 rings (SSSR count). The fraction of sp³-hybridized carbons (Fsp3) is 0.0833. The van der Waals surface area contributed by atoms with E-state index in [1.807, 2.05) is 0 Å². The summed E-state index contributed by atoms with van der Waals surface area (Å²) in [5.74, 6) is -2.64. The number of benzene rings is 1. The molecule has 5 nitrogen and oxygen atoms in total. The summed E-state index contributed by atoms with van der Waals surface area (Å²) in [4.78, 5) is 13.3. The van der Waals surface area contributed by atoms with Crippen LogP contribution in [-0.2, 0) is 6.61 Å². The van der Waals surface area contributed by atoms with Crippen molar-refractivity contribution in [3.05, 3.63) is 62.9 Å². The van der Waals surface area contributed by atoms with Crippen LogP contribution in [0.2, 0.25) is 5.02 Å². The molecule has 0 aliphatic carbocycles. The summed E-state index contributed by atoms with van der Waals surface area (Å²) in [6.07, 6.45) is 1.44. The van der Waals surface area contributed by atoms with Gasteiger partial charge in [0.2, 0.25) is 5.82 Å². The van der Waals surface area contributed by atoms with Crippen molar-refractivity contribution < 1.29 is 18.4 Å². The molecule has 0 saturated heterocycles. The van der Waals surface area contributed by atoms with E-state index in [1.165, 1.54) is 12.3 Å². The van der Waals surface area contributed by atoms with Gasteiger partial charge in [-0.05, 0) is 12.1 Å². The Morgan fingerprint density at radius 1 is 1.30 bits per heavy atom. The van der Waals surface area contributed by atoms with Crippen LogP contribution in [0, 0.1) is 21.7 Å². The smallest absolute Gasteiger partial charge is 0.307 e. The van der Waals surface area contributed by atoms with Crippen molar-refractivity contribution in [3.8, 4) is 5.75 Å². The van der Waals surface area contributed by atoms with Gasteiger partial charge in [0, 0.05) is 17.3 Å². The number of hydrogen-bond donors (Lipinski definition) is 0. The summed E-state index contributed by atoms with van der Waals surface area (Å²) >= 11 is 5.73. The Kier molecular flexibility index (Phi) is 4.09. The second-order valence-corrected chi connectivity index (χ2v) is 4.18. The van der Waals surface area contributed by atoms with Gasteiger partial charge >= 0.3 is 5.69 Å². The lowest BCUT2D eigenvalue weighted by molar-refractivity contribution is -0.387. The Morgan fingerprint density at radius 2 is 2.05 bits per heavy atom. The van der Waals surface area contributed by atoms with E-state index in [4.69, 9.17) is 16.3 Å². The van der Waals surface area contributed by atoms with Gasteiger partial charge < -0.3 is 4.74 Å². The van der Waals surface area contributed by atoms with E-state index in [0.29, 0.717) is 22.8 Å². The minimum Gasteiger partial charge on any atom is -0.484 e. The van der Waals surface area contributed by atoms with Gasteiger partial charge in [0.1, 0.15) is 6.61 Å². The van der Waals surface area contributed by atoms with Crippen LogP contribution in [-0.4, -0.2) is 9.91 Å². The maximum atomic E-state index is 13.5.